The van der Waals surface area contributed by atoms with Crippen LogP contribution in [0, 0.1) is 0 Å². The van der Waals surface area contributed by atoms with Crippen LogP contribution in [-0.2, 0) is 5.41 Å². The van der Waals surface area contributed by atoms with Gasteiger partial charge in [0.2, 0.25) is 5.72 Å². The lowest BCUT2D eigenvalue weighted by Crippen LogP contribution is -2.63. The highest BCUT2D eigenvalue weighted by Crippen LogP contribution is 2.56. The molecule has 1 spiro atoms. The molecular weight excluding hydrogens is 388 g/mol. The Bertz CT molecular complexity index is 1090. The average molecular weight is 407 g/mol. The van der Waals surface area contributed by atoms with Gasteiger partial charge in [0.05, 0.1) is 5.41 Å². The van der Waals surface area contributed by atoms with E-state index in [9.17, 15) is 0 Å². The van der Waals surface area contributed by atoms with E-state index in [1.54, 1.807) is 0 Å². The maximum absolute atomic E-state index is 6.76. The molecule has 2 aliphatic rings. The van der Waals surface area contributed by atoms with Gasteiger partial charge in [0.1, 0.15) is 16.1 Å². The third kappa shape index (κ3) is 1.75. The summed E-state index contributed by atoms with van der Waals surface area (Å²) in [5.41, 5.74) is 2.35. The standard InChI is InChI=1S/C22H19BrN2O/c1-21(2)16-10-6-7-11-17(16)25(3)22(21)20(23)24-19-15-9-5-4-8-14(15)12-13-18(19)26-22/h4-13H,1-3H3. The van der Waals surface area contributed by atoms with Gasteiger partial charge in [0, 0.05) is 18.1 Å². The van der Waals surface area contributed by atoms with Crippen LogP contribution in [0.5, 0.6) is 5.75 Å². The zero-order chi connectivity index (χ0) is 18.1. The number of rotatable bonds is 0. The highest BCUT2D eigenvalue weighted by Gasteiger charge is 2.62. The van der Waals surface area contributed by atoms with Gasteiger partial charge in [0.25, 0.3) is 0 Å². The van der Waals surface area contributed by atoms with Gasteiger partial charge >= 0.3 is 0 Å². The molecule has 0 N–H and O–H groups in total. The Morgan fingerprint density at radius 3 is 2.50 bits per heavy atom. The molecule has 0 aromatic heterocycles. The number of aliphatic imine (C=N–C) groups is 1. The Balaban J connectivity index is 1.77. The molecule has 4 heteroatoms. The monoisotopic (exact) mass is 406 g/mol. The van der Waals surface area contributed by atoms with Crippen molar-refractivity contribution in [2.45, 2.75) is 25.0 Å². The SMILES string of the molecule is CN1c2ccccc2C(C)(C)C12Oc1ccc3ccccc3c1N=C2Br. The zero-order valence-corrected chi connectivity index (χ0v) is 16.5. The molecule has 0 saturated heterocycles. The minimum atomic E-state index is -0.702. The van der Waals surface area contributed by atoms with E-state index in [2.05, 4.69) is 84.2 Å². The number of para-hydroxylation sites is 1. The van der Waals surface area contributed by atoms with Crippen molar-refractivity contribution in [3.63, 3.8) is 0 Å². The van der Waals surface area contributed by atoms with Crippen LogP contribution >= 0.6 is 15.9 Å². The van der Waals surface area contributed by atoms with Crippen LogP contribution in [0.25, 0.3) is 10.8 Å². The predicted octanol–water partition coefficient (Wildman–Crippen LogP) is 5.78. The van der Waals surface area contributed by atoms with Crippen LogP contribution < -0.4 is 9.64 Å². The first-order valence-electron chi connectivity index (χ1n) is 8.75. The predicted molar refractivity (Wildman–Crippen MR) is 111 cm³/mol. The minimum Gasteiger partial charge on any atom is -0.458 e. The number of hydrogen-bond donors (Lipinski definition) is 0. The van der Waals surface area contributed by atoms with Crippen molar-refractivity contribution in [1.29, 1.82) is 0 Å². The van der Waals surface area contributed by atoms with Crippen LogP contribution in [0.4, 0.5) is 11.4 Å². The van der Waals surface area contributed by atoms with Gasteiger partial charge in [-0.05, 0) is 52.9 Å². The molecule has 0 radical (unpaired) electrons. The van der Waals surface area contributed by atoms with Crippen molar-refractivity contribution < 1.29 is 4.74 Å². The average Bonchev–Trinajstić information content (AvgIpc) is 2.82. The molecular formula is C22H19BrN2O. The molecule has 2 heterocycles. The van der Waals surface area contributed by atoms with Crippen molar-refractivity contribution in [3.8, 4) is 5.75 Å². The van der Waals surface area contributed by atoms with Crippen LogP contribution in [0.15, 0.2) is 65.7 Å². The summed E-state index contributed by atoms with van der Waals surface area (Å²) in [6, 6.07) is 20.9. The fourth-order valence-corrected chi connectivity index (χ4v) is 5.49. The maximum Gasteiger partial charge on any atom is 0.242 e. The second-order valence-corrected chi connectivity index (χ2v) is 8.23. The van der Waals surface area contributed by atoms with Crippen molar-refractivity contribution in [1.82, 2.24) is 0 Å². The van der Waals surface area contributed by atoms with E-state index >= 15 is 0 Å². The lowest BCUT2D eigenvalue weighted by Gasteiger charge is -2.46. The smallest absolute Gasteiger partial charge is 0.242 e. The van der Waals surface area contributed by atoms with Gasteiger partial charge in [0.15, 0.2) is 0 Å². The summed E-state index contributed by atoms with van der Waals surface area (Å²) in [5, 5.41) is 2.27. The third-order valence-electron chi connectivity index (χ3n) is 5.87. The zero-order valence-electron chi connectivity index (χ0n) is 15.0. The molecule has 3 aromatic rings. The molecule has 5 rings (SSSR count). The van der Waals surface area contributed by atoms with Crippen LogP contribution in [0.3, 0.4) is 0 Å². The Labute approximate surface area is 161 Å². The third-order valence-corrected chi connectivity index (χ3v) is 6.58. The Hall–Kier alpha value is -2.33. The second-order valence-electron chi connectivity index (χ2n) is 7.48. The van der Waals surface area contributed by atoms with E-state index in [1.165, 1.54) is 11.3 Å². The van der Waals surface area contributed by atoms with Crippen molar-refractivity contribution in [2.24, 2.45) is 4.99 Å². The van der Waals surface area contributed by atoms with Gasteiger partial charge < -0.3 is 9.64 Å². The molecule has 0 fully saturated rings. The number of fused-ring (bicyclic) bond motifs is 4. The molecule has 0 amide bonds. The molecule has 0 bridgehead atoms. The number of halogens is 1. The van der Waals surface area contributed by atoms with E-state index < -0.39 is 5.72 Å². The summed E-state index contributed by atoms with van der Waals surface area (Å²) in [5.74, 6) is 0.819. The second kappa shape index (κ2) is 5.10. The summed E-state index contributed by atoms with van der Waals surface area (Å²) in [4.78, 5) is 7.21. The summed E-state index contributed by atoms with van der Waals surface area (Å²) in [7, 11) is 2.08. The fourth-order valence-electron chi connectivity index (χ4n) is 4.47. The normalized spacial score (nSPS) is 22.8. The summed E-state index contributed by atoms with van der Waals surface area (Å²) < 4.78 is 7.56. The maximum atomic E-state index is 6.76. The minimum absolute atomic E-state index is 0.274. The highest BCUT2D eigenvalue weighted by molar-refractivity contribution is 9.18. The molecule has 130 valence electrons. The van der Waals surface area contributed by atoms with Gasteiger partial charge in [-0.15, -0.1) is 0 Å². The molecule has 1 unspecified atom stereocenters. The van der Waals surface area contributed by atoms with Gasteiger partial charge in [-0.1, -0.05) is 48.5 Å². The molecule has 26 heavy (non-hydrogen) atoms. The number of anilines is 1. The first kappa shape index (κ1) is 15.9. The van der Waals surface area contributed by atoms with Crippen LogP contribution in [-0.4, -0.2) is 17.4 Å². The Morgan fingerprint density at radius 1 is 0.962 bits per heavy atom. The molecule has 0 aliphatic carbocycles. The van der Waals surface area contributed by atoms with Gasteiger partial charge in [-0.3, -0.25) is 0 Å². The first-order chi connectivity index (χ1) is 12.5. The molecule has 3 aromatic carbocycles. The number of likely N-dealkylation sites (N-methyl/N-ethyl adjacent to an activating group) is 1. The van der Waals surface area contributed by atoms with E-state index in [0.29, 0.717) is 0 Å². The van der Waals surface area contributed by atoms with Crippen LogP contribution in [0.2, 0.25) is 0 Å². The number of benzene rings is 3. The molecule has 1 atom stereocenters. The number of hydrogen-bond acceptors (Lipinski definition) is 3. The Kier molecular flexibility index (Phi) is 3.12. The van der Waals surface area contributed by atoms with E-state index in [-0.39, 0.29) is 5.41 Å². The lowest BCUT2D eigenvalue weighted by atomic mass is 9.77. The Morgan fingerprint density at radius 2 is 1.69 bits per heavy atom. The van der Waals surface area contributed by atoms with E-state index in [1.807, 2.05) is 18.2 Å². The lowest BCUT2D eigenvalue weighted by molar-refractivity contribution is 0.0812. The topological polar surface area (TPSA) is 24.8 Å². The highest BCUT2D eigenvalue weighted by atomic mass is 79.9. The molecule has 2 aliphatic heterocycles. The van der Waals surface area contributed by atoms with Crippen molar-refractivity contribution in [2.75, 3.05) is 11.9 Å². The van der Waals surface area contributed by atoms with E-state index in [4.69, 9.17) is 9.73 Å². The fraction of sp³-hybridized carbons (Fsp3) is 0.227. The summed E-state index contributed by atoms with van der Waals surface area (Å²) in [6.07, 6.45) is 0. The quantitative estimate of drug-likeness (QED) is 0.472. The summed E-state index contributed by atoms with van der Waals surface area (Å²) >= 11 is 3.79. The van der Waals surface area contributed by atoms with E-state index in [0.717, 1.165) is 26.8 Å². The van der Waals surface area contributed by atoms with Gasteiger partial charge in [-0.2, -0.15) is 0 Å². The molecule has 3 nitrogen and oxygen atoms in total. The van der Waals surface area contributed by atoms with Crippen LogP contribution in [0.1, 0.15) is 19.4 Å². The molecule has 0 saturated carbocycles. The van der Waals surface area contributed by atoms with Crippen molar-refractivity contribution in [3.05, 3.63) is 66.2 Å². The summed E-state index contributed by atoms with van der Waals surface area (Å²) in [6.45, 7) is 4.44. The van der Waals surface area contributed by atoms with Gasteiger partial charge in [-0.25, -0.2) is 4.99 Å². The number of ether oxygens (including phenoxy) is 1. The number of nitrogens with zero attached hydrogens (tertiary/aromatic N) is 2. The van der Waals surface area contributed by atoms with Crippen molar-refractivity contribution >= 4 is 42.7 Å². The first-order valence-corrected chi connectivity index (χ1v) is 9.55. The largest absolute Gasteiger partial charge is 0.458 e.